The van der Waals surface area contributed by atoms with Gasteiger partial charge in [0.15, 0.2) is 0 Å². The number of amides is 2. The molecule has 1 unspecified atom stereocenters. The Morgan fingerprint density at radius 3 is 2.58 bits per heavy atom. The number of nitrogens with zero attached hydrogens (tertiary/aromatic N) is 1. The molecule has 1 aliphatic heterocycles. The van der Waals surface area contributed by atoms with Crippen molar-refractivity contribution < 1.29 is 19.8 Å². The van der Waals surface area contributed by atoms with E-state index in [2.05, 4.69) is 45.9 Å². The van der Waals surface area contributed by atoms with Crippen LogP contribution in [0.3, 0.4) is 0 Å². The van der Waals surface area contributed by atoms with Gasteiger partial charge in [-0.15, -0.1) is 0 Å². The number of likely N-dealkylation sites (tertiary alicyclic amines) is 1. The first kappa shape index (κ1) is 31.3. The van der Waals surface area contributed by atoms with Crippen molar-refractivity contribution in [1.29, 1.82) is 0 Å². The van der Waals surface area contributed by atoms with Gasteiger partial charge in [0.1, 0.15) is 6.04 Å². The summed E-state index contributed by atoms with van der Waals surface area (Å²) in [7, 11) is 1.00. The number of H-pyrrole nitrogens is 1. The number of carbonyl (C=O) groups is 2. The zero-order valence-corrected chi connectivity index (χ0v) is 24.2. The van der Waals surface area contributed by atoms with Gasteiger partial charge < -0.3 is 30.7 Å². The number of hydrogen-bond acceptors (Lipinski definition) is 5. The lowest BCUT2D eigenvalue weighted by Crippen LogP contribution is -2.54. The summed E-state index contributed by atoms with van der Waals surface area (Å²) in [5, 5.41) is 23.6. The molecule has 0 bridgehead atoms. The molecule has 0 aliphatic carbocycles. The summed E-state index contributed by atoms with van der Waals surface area (Å²) in [5.41, 5.74) is 2.90. The van der Waals surface area contributed by atoms with Gasteiger partial charge in [-0.3, -0.25) is 9.59 Å². The van der Waals surface area contributed by atoms with Crippen LogP contribution in [-0.4, -0.2) is 76.8 Å². The van der Waals surface area contributed by atoms with Crippen LogP contribution >= 0.6 is 0 Å². The molecule has 1 aromatic heterocycles. The summed E-state index contributed by atoms with van der Waals surface area (Å²) >= 11 is 0. The highest BCUT2D eigenvalue weighted by Gasteiger charge is 2.32. The fraction of sp³-hybridized carbons (Fsp3) is 0.500. The number of rotatable bonds is 12. The summed E-state index contributed by atoms with van der Waals surface area (Å²) < 4.78 is 0. The molecule has 218 valence electrons. The van der Waals surface area contributed by atoms with Crippen molar-refractivity contribution in [3.8, 4) is 0 Å². The maximum absolute atomic E-state index is 13.9. The number of piperidine rings is 1. The Labute approximate surface area is 238 Å². The molecule has 1 saturated heterocycles. The molecule has 1 fully saturated rings. The van der Waals surface area contributed by atoms with Gasteiger partial charge in [0.2, 0.25) is 11.8 Å². The fourth-order valence-electron chi connectivity index (χ4n) is 5.54. The molecule has 4 rings (SSSR count). The number of benzene rings is 2. The molecule has 5 N–H and O–H groups in total. The summed E-state index contributed by atoms with van der Waals surface area (Å²) in [5.74, 6) is 0.254. The smallest absolute Gasteiger partial charge is 0.245 e. The first-order valence-electron chi connectivity index (χ1n) is 14.3. The molecule has 40 heavy (non-hydrogen) atoms. The monoisotopic (exact) mass is 550 g/mol. The minimum atomic E-state index is -0.634. The average molecular weight is 551 g/mol. The predicted octanol–water partition coefficient (Wildman–Crippen LogP) is 3.43. The Hall–Kier alpha value is -3.20. The minimum Gasteiger partial charge on any atom is -0.400 e. The van der Waals surface area contributed by atoms with Crippen molar-refractivity contribution in [2.24, 2.45) is 5.92 Å². The van der Waals surface area contributed by atoms with Crippen molar-refractivity contribution in [2.45, 2.75) is 64.0 Å². The molecule has 1 aliphatic rings. The van der Waals surface area contributed by atoms with Gasteiger partial charge >= 0.3 is 0 Å². The predicted molar refractivity (Wildman–Crippen MR) is 160 cm³/mol. The van der Waals surface area contributed by atoms with Gasteiger partial charge in [-0.25, -0.2) is 0 Å². The Morgan fingerprint density at radius 1 is 1.10 bits per heavy atom. The standard InChI is InChI=1S/C31H42N4O3.CH4O/c1-31(2,33-15-9-17-36)20-29(37)34-28(19-25-21-32-27-14-7-6-13-26(25)27)30(38)35-16-8-12-24(22-35)18-23-10-4-3-5-11-23;1-2/h3-7,10-11,13-14,21,24,28,32-33,36H,8-9,12,15-20,22H2,1-2H3,(H,34,37);2H,1H3/t24-,28?;/m1./s1. The third-order valence-electron chi connectivity index (χ3n) is 7.47. The number of aromatic amines is 1. The number of carbonyl (C=O) groups excluding carboxylic acids is 2. The second kappa shape index (κ2) is 15.6. The van der Waals surface area contributed by atoms with Crippen molar-refractivity contribution in [2.75, 3.05) is 33.4 Å². The van der Waals surface area contributed by atoms with E-state index in [4.69, 9.17) is 10.2 Å². The van der Waals surface area contributed by atoms with Crippen LogP contribution in [0.1, 0.15) is 50.7 Å². The Morgan fingerprint density at radius 2 is 1.82 bits per heavy atom. The zero-order valence-electron chi connectivity index (χ0n) is 24.2. The largest absolute Gasteiger partial charge is 0.400 e. The van der Waals surface area contributed by atoms with Crippen LogP contribution in [0.2, 0.25) is 0 Å². The highest BCUT2D eigenvalue weighted by molar-refractivity contribution is 5.90. The average Bonchev–Trinajstić information content (AvgIpc) is 3.36. The van der Waals surface area contributed by atoms with Gasteiger partial charge in [-0.05, 0) is 69.2 Å². The molecular formula is C32H46N4O4. The number of nitrogens with one attached hydrogen (secondary N) is 3. The molecule has 8 nitrogen and oxygen atoms in total. The highest BCUT2D eigenvalue weighted by Crippen LogP contribution is 2.24. The summed E-state index contributed by atoms with van der Waals surface area (Å²) in [6.07, 6.45) is 6.29. The van der Waals surface area contributed by atoms with Gasteiger partial charge in [0.05, 0.1) is 0 Å². The van der Waals surface area contributed by atoms with E-state index in [0.29, 0.717) is 31.8 Å². The third-order valence-corrected chi connectivity index (χ3v) is 7.47. The molecule has 2 heterocycles. The van der Waals surface area contributed by atoms with Crippen molar-refractivity contribution in [3.05, 3.63) is 71.9 Å². The molecule has 2 atom stereocenters. The maximum Gasteiger partial charge on any atom is 0.245 e. The molecular weight excluding hydrogens is 504 g/mol. The zero-order chi connectivity index (χ0) is 29.0. The van der Waals surface area contributed by atoms with E-state index in [1.807, 2.05) is 49.2 Å². The number of para-hydroxylation sites is 1. The van der Waals surface area contributed by atoms with E-state index in [9.17, 15) is 9.59 Å². The van der Waals surface area contributed by atoms with Crippen molar-refractivity contribution in [3.63, 3.8) is 0 Å². The van der Waals surface area contributed by atoms with Crippen LogP contribution in [0.5, 0.6) is 0 Å². The maximum atomic E-state index is 13.9. The third kappa shape index (κ3) is 9.18. The van der Waals surface area contributed by atoms with E-state index >= 15 is 0 Å². The second-order valence-corrected chi connectivity index (χ2v) is 11.2. The lowest BCUT2D eigenvalue weighted by molar-refractivity contribution is -0.138. The Balaban J connectivity index is 0.00000216. The van der Waals surface area contributed by atoms with Gasteiger partial charge in [0.25, 0.3) is 0 Å². The quantitative estimate of drug-likeness (QED) is 0.222. The fourth-order valence-corrected chi connectivity index (χ4v) is 5.54. The molecule has 3 aromatic rings. The van der Waals surface area contributed by atoms with Crippen molar-refractivity contribution >= 4 is 22.7 Å². The van der Waals surface area contributed by atoms with Crippen LogP contribution in [0.4, 0.5) is 0 Å². The van der Waals surface area contributed by atoms with Crippen LogP contribution in [-0.2, 0) is 22.4 Å². The highest BCUT2D eigenvalue weighted by atomic mass is 16.3. The number of fused-ring (bicyclic) bond motifs is 1. The van der Waals surface area contributed by atoms with E-state index in [1.165, 1.54) is 5.56 Å². The Bertz CT molecular complexity index is 1190. The van der Waals surface area contributed by atoms with E-state index in [1.54, 1.807) is 0 Å². The van der Waals surface area contributed by atoms with Crippen LogP contribution < -0.4 is 10.6 Å². The SMILES string of the molecule is CC(C)(CC(=O)NC(Cc1c[nH]c2ccccc12)C(=O)N1CCC[C@H](Cc2ccccc2)C1)NCCCO.CO. The number of aliphatic hydroxyl groups excluding tert-OH is 2. The van der Waals surface area contributed by atoms with Gasteiger partial charge in [0, 0.05) is 62.3 Å². The van der Waals surface area contributed by atoms with E-state index in [0.717, 1.165) is 49.4 Å². The second-order valence-electron chi connectivity index (χ2n) is 11.2. The van der Waals surface area contributed by atoms with Gasteiger partial charge in [-0.2, -0.15) is 0 Å². The minimum absolute atomic E-state index is 0.00700. The van der Waals surface area contributed by atoms with E-state index < -0.39 is 11.6 Å². The molecule has 0 spiro atoms. The molecule has 2 aromatic carbocycles. The molecule has 8 heteroatoms. The molecule has 0 radical (unpaired) electrons. The lowest BCUT2D eigenvalue weighted by atomic mass is 9.90. The number of aromatic nitrogens is 1. The van der Waals surface area contributed by atoms with Gasteiger partial charge in [-0.1, -0.05) is 48.5 Å². The Kier molecular flexibility index (Phi) is 12.2. The summed E-state index contributed by atoms with van der Waals surface area (Å²) in [6, 6.07) is 17.9. The molecule has 0 saturated carbocycles. The summed E-state index contributed by atoms with van der Waals surface area (Å²) in [6.45, 7) is 6.11. The van der Waals surface area contributed by atoms with Crippen LogP contribution in [0.25, 0.3) is 10.9 Å². The lowest BCUT2D eigenvalue weighted by Gasteiger charge is -2.35. The summed E-state index contributed by atoms with van der Waals surface area (Å²) in [4.78, 5) is 32.4. The molecule has 2 amide bonds. The topological polar surface area (TPSA) is 118 Å². The van der Waals surface area contributed by atoms with E-state index in [-0.39, 0.29) is 24.8 Å². The first-order valence-corrected chi connectivity index (χ1v) is 14.3. The first-order chi connectivity index (χ1) is 19.3. The number of hydrogen-bond donors (Lipinski definition) is 5. The van der Waals surface area contributed by atoms with Crippen LogP contribution in [0, 0.1) is 5.92 Å². The normalized spacial score (nSPS) is 16.2. The van der Waals surface area contributed by atoms with Crippen LogP contribution in [0.15, 0.2) is 60.8 Å². The number of aliphatic hydroxyl groups is 2. The van der Waals surface area contributed by atoms with Crippen molar-refractivity contribution in [1.82, 2.24) is 20.5 Å².